The van der Waals surface area contributed by atoms with E-state index in [0.29, 0.717) is 25.2 Å². The number of nitrogens with two attached hydrogens (primary N) is 1. The fourth-order valence-electron chi connectivity index (χ4n) is 3.22. The summed E-state index contributed by atoms with van der Waals surface area (Å²) in [6.07, 6.45) is 1.12. The molecule has 0 spiro atoms. The van der Waals surface area contributed by atoms with Crippen molar-refractivity contribution in [1.82, 2.24) is 4.90 Å². The summed E-state index contributed by atoms with van der Waals surface area (Å²) < 4.78 is 11.9. The van der Waals surface area contributed by atoms with Crippen molar-refractivity contribution in [2.45, 2.75) is 26.3 Å². The molecule has 0 saturated carbocycles. The van der Waals surface area contributed by atoms with Crippen LogP contribution in [0.25, 0.3) is 0 Å². The van der Waals surface area contributed by atoms with E-state index in [1.807, 2.05) is 0 Å². The van der Waals surface area contributed by atoms with Gasteiger partial charge in [0, 0.05) is 18.0 Å². The van der Waals surface area contributed by atoms with Crippen LogP contribution in [0.15, 0.2) is 18.2 Å². The van der Waals surface area contributed by atoms with E-state index in [0.717, 1.165) is 31.0 Å². The lowest BCUT2D eigenvalue weighted by Gasteiger charge is -2.21. The first-order valence-electron chi connectivity index (χ1n) is 7.78. The predicted molar refractivity (Wildman–Crippen MR) is 83.7 cm³/mol. The number of likely N-dealkylation sites (tertiary alicyclic amines) is 1. The fourth-order valence-corrected chi connectivity index (χ4v) is 3.22. The second-order valence-corrected chi connectivity index (χ2v) is 7.24. The lowest BCUT2D eigenvalue weighted by Crippen LogP contribution is -2.26. The maximum Gasteiger partial charge on any atom is 0.161 e. The third-order valence-electron chi connectivity index (χ3n) is 4.56. The molecule has 0 amide bonds. The number of benzene rings is 1. The van der Waals surface area contributed by atoms with E-state index in [2.05, 4.69) is 44.0 Å². The van der Waals surface area contributed by atoms with Gasteiger partial charge in [0.1, 0.15) is 0 Å². The summed E-state index contributed by atoms with van der Waals surface area (Å²) >= 11 is 0. The van der Waals surface area contributed by atoms with Gasteiger partial charge in [0.05, 0.1) is 13.2 Å². The molecule has 2 unspecified atom stereocenters. The first-order chi connectivity index (χ1) is 9.98. The van der Waals surface area contributed by atoms with Gasteiger partial charge in [-0.05, 0) is 43.6 Å². The van der Waals surface area contributed by atoms with Crippen LogP contribution in [0.5, 0.6) is 11.5 Å². The molecule has 2 aliphatic heterocycles. The number of ether oxygens (including phenoxy) is 2. The Kier molecular flexibility index (Phi) is 3.84. The van der Waals surface area contributed by atoms with Crippen molar-refractivity contribution < 1.29 is 9.47 Å². The SMILES string of the molecule is CN1CC(CN)CC1c1ccc2c(c1)OCC(C)(C)CO2. The summed E-state index contributed by atoms with van der Waals surface area (Å²) in [5.74, 6) is 2.33. The highest BCUT2D eigenvalue weighted by atomic mass is 16.5. The lowest BCUT2D eigenvalue weighted by atomic mass is 9.97. The van der Waals surface area contributed by atoms with Gasteiger partial charge in [-0.15, -0.1) is 0 Å². The van der Waals surface area contributed by atoms with Gasteiger partial charge in [0.15, 0.2) is 11.5 Å². The van der Waals surface area contributed by atoms with E-state index in [1.165, 1.54) is 5.56 Å². The quantitative estimate of drug-likeness (QED) is 0.909. The molecule has 2 N–H and O–H groups in total. The molecule has 3 rings (SSSR count). The first kappa shape index (κ1) is 14.7. The summed E-state index contributed by atoms with van der Waals surface area (Å²) in [5, 5.41) is 0. The minimum absolute atomic E-state index is 0.0496. The van der Waals surface area contributed by atoms with Gasteiger partial charge < -0.3 is 15.2 Å². The zero-order valence-electron chi connectivity index (χ0n) is 13.3. The van der Waals surface area contributed by atoms with Crippen molar-refractivity contribution in [3.05, 3.63) is 23.8 Å². The average molecular weight is 290 g/mol. The van der Waals surface area contributed by atoms with Gasteiger partial charge in [-0.1, -0.05) is 19.9 Å². The molecule has 4 nitrogen and oxygen atoms in total. The Labute approximate surface area is 127 Å². The zero-order valence-corrected chi connectivity index (χ0v) is 13.3. The molecule has 0 aromatic heterocycles. The van der Waals surface area contributed by atoms with E-state index < -0.39 is 0 Å². The number of nitrogens with zero attached hydrogens (tertiary/aromatic N) is 1. The van der Waals surface area contributed by atoms with Gasteiger partial charge in [0.25, 0.3) is 0 Å². The van der Waals surface area contributed by atoms with E-state index in [9.17, 15) is 0 Å². The van der Waals surface area contributed by atoms with Crippen LogP contribution in [0.1, 0.15) is 31.9 Å². The molecule has 1 fully saturated rings. The highest BCUT2D eigenvalue weighted by molar-refractivity contribution is 5.44. The average Bonchev–Trinajstić information content (AvgIpc) is 2.77. The van der Waals surface area contributed by atoms with Crippen molar-refractivity contribution in [3.8, 4) is 11.5 Å². The molecule has 2 atom stereocenters. The second kappa shape index (κ2) is 5.50. The Morgan fingerprint density at radius 2 is 1.95 bits per heavy atom. The van der Waals surface area contributed by atoms with Crippen LogP contribution >= 0.6 is 0 Å². The Bertz CT molecular complexity index is 516. The molecule has 4 heteroatoms. The number of hydrogen-bond donors (Lipinski definition) is 1. The monoisotopic (exact) mass is 290 g/mol. The van der Waals surface area contributed by atoms with Crippen LogP contribution in [-0.4, -0.2) is 38.3 Å². The largest absolute Gasteiger partial charge is 0.489 e. The van der Waals surface area contributed by atoms with Gasteiger partial charge >= 0.3 is 0 Å². The smallest absolute Gasteiger partial charge is 0.161 e. The van der Waals surface area contributed by atoms with Crippen LogP contribution in [0.4, 0.5) is 0 Å². The van der Waals surface area contributed by atoms with Crippen molar-refractivity contribution in [1.29, 1.82) is 0 Å². The maximum atomic E-state index is 5.98. The van der Waals surface area contributed by atoms with Gasteiger partial charge in [-0.3, -0.25) is 4.90 Å². The molecule has 0 bridgehead atoms. The van der Waals surface area contributed by atoms with Crippen molar-refractivity contribution in [2.75, 3.05) is 33.4 Å². The third-order valence-corrected chi connectivity index (χ3v) is 4.56. The van der Waals surface area contributed by atoms with Crippen LogP contribution in [0.2, 0.25) is 0 Å². The fraction of sp³-hybridized carbons (Fsp3) is 0.647. The maximum absolute atomic E-state index is 5.98. The number of rotatable bonds is 2. The first-order valence-corrected chi connectivity index (χ1v) is 7.78. The van der Waals surface area contributed by atoms with E-state index in [4.69, 9.17) is 15.2 Å². The van der Waals surface area contributed by atoms with Crippen molar-refractivity contribution in [2.24, 2.45) is 17.1 Å². The highest BCUT2D eigenvalue weighted by Gasteiger charge is 2.31. The Hall–Kier alpha value is -1.26. The molecule has 21 heavy (non-hydrogen) atoms. The van der Waals surface area contributed by atoms with Crippen LogP contribution in [0, 0.1) is 11.3 Å². The zero-order chi connectivity index (χ0) is 15.0. The van der Waals surface area contributed by atoms with E-state index >= 15 is 0 Å². The minimum atomic E-state index is 0.0496. The summed E-state index contributed by atoms with van der Waals surface area (Å²) in [6, 6.07) is 6.80. The molecular formula is C17H26N2O2. The molecule has 116 valence electrons. The summed E-state index contributed by atoms with van der Waals surface area (Å²) in [6.45, 7) is 7.54. The van der Waals surface area contributed by atoms with Gasteiger partial charge in [-0.25, -0.2) is 0 Å². The predicted octanol–water partition coefficient (Wildman–Crippen LogP) is 2.44. The van der Waals surface area contributed by atoms with Crippen LogP contribution in [-0.2, 0) is 0 Å². The molecule has 1 aromatic carbocycles. The molecule has 0 radical (unpaired) electrons. The Morgan fingerprint density at radius 3 is 2.62 bits per heavy atom. The van der Waals surface area contributed by atoms with Crippen molar-refractivity contribution in [3.63, 3.8) is 0 Å². The third kappa shape index (κ3) is 3.01. The molecule has 1 saturated heterocycles. The summed E-state index contributed by atoms with van der Waals surface area (Å²) in [7, 11) is 2.17. The number of hydrogen-bond acceptors (Lipinski definition) is 4. The van der Waals surface area contributed by atoms with Gasteiger partial charge in [-0.2, -0.15) is 0 Å². The Morgan fingerprint density at radius 1 is 1.24 bits per heavy atom. The van der Waals surface area contributed by atoms with E-state index in [-0.39, 0.29) is 5.41 Å². The standard InChI is InChI=1S/C17H26N2O2/c1-17(2)10-20-15-5-4-13(7-16(15)21-11-17)14-6-12(8-18)9-19(14)3/h4-5,7,12,14H,6,8-11,18H2,1-3H3. The molecule has 0 aliphatic carbocycles. The topological polar surface area (TPSA) is 47.7 Å². The normalized spacial score (nSPS) is 28.4. The van der Waals surface area contributed by atoms with Crippen LogP contribution in [0.3, 0.4) is 0 Å². The molecule has 2 aliphatic rings. The molecule has 1 aromatic rings. The molecular weight excluding hydrogens is 264 g/mol. The lowest BCUT2D eigenvalue weighted by molar-refractivity contribution is 0.140. The summed E-state index contributed by atoms with van der Waals surface area (Å²) in [5.41, 5.74) is 7.18. The van der Waals surface area contributed by atoms with Crippen LogP contribution < -0.4 is 15.2 Å². The number of fused-ring (bicyclic) bond motifs is 1. The highest BCUT2D eigenvalue weighted by Crippen LogP contribution is 2.39. The van der Waals surface area contributed by atoms with E-state index in [1.54, 1.807) is 0 Å². The minimum Gasteiger partial charge on any atom is -0.489 e. The summed E-state index contributed by atoms with van der Waals surface area (Å²) in [4.78, 5) is 2.39. The second-order valence-electron chi connectivity index (χ2n) is 7.24. The molecule has 2 heterocycles. The van der Waals surface area contributed by atoms with Gasteiger partial charge in [0.2, 0.25) is 0 Å². The Balaban J connectivity index is 1.82. The van der Waals surface area contributed by atoms with Crippen molar-refractivity contribution >= 4 is 0 Å².